The lowest BCUT2D eigenvalue weighted by Crippen LogP contribution is -2.35. The largest absolute Gasteiger partial charge is 0.364 e. The highest BCUT2D eigenvalue weighted by molar-refractivity contribution is 5.91. The van der Waals surface area contributed by atoms with E-state index < -0.39 is 5.91 Å². The van der Waals surface area contributed by atoms with Gasteiger partial charge in [0.05, 0.1) is 12.7 Å². The van der Waals surface area contributed by atoms with E-state index in [-0.39, 0.29) is 0 Å². The number of nitrogens with one attached hydrogen (secondary N) is 1. The van der Waals surface area contributed by atoms with Crippen molar-refractivity contribution in [3.63, 3.8) is 0 Å². The molecule has 0 aromatic carbocycles. The van der Waals surface area contributed by atoms with E-state index in [9.17, 15) is 4.79 Å². The fourth-order valence-electron chi connectivity index (χ4n) is 3.98. The summed E-state index contributed by atoms with van der Waals surface area (Å²) in [5.74, 6) is 1.23. The molecule has 3 N–H and O–H groups in total. The molecule has 0 bridgehead atoms. The first-order valence-corrected chi connectivity index (χ1v) is 9.42. The van der Waals surface area contributed by atoms with Crippen LogP contribution in [0.3, 0.4) is 0 Å². The summed E-state index contributed by atoms with van der Waals surface area (Å²) in [6, 6.07) is 0. The summed E-state index contributed by atoms with van der Waals surface area (Å²) in [5, 5.41) is 3.43. The maximum atomic E-state index is 11.5. The molecule has 1 aromatic heterocycles. The highest BCUT2D eigenvalue weighted by atomic mass is 16.1. The van der Waals surface area contributed by atoms with Crippen LogP contribution in [0.1, 0.15) is 48.4 Å². The molecule has 6 nitrogen and oxygen atoms in total. The van der Waals surface area contributed by atoms with E-state index >= 15 is 0 Å². The van der Waals surface area contributed by atoms with E-state index in [0.717, 1.165) is 38.5 Å². The summed E-state index contributed by atoms with van der Waals surface area (Å²) < 4.78 is 1.97. The molecule has 3 aliphatic rings. The average molecular weight is 341 g/mol. The number of primary amides is 1. The van der Waals surface area contributed by atoms with E-state index in [1.807, 2.05) is 4.57 Å². The summed E-state index contributed by atoms with van der Waals surface area (Å²) >= 11 is 0. The summed E-state index contributed by atoms with van der Waals surface area (Å²) in [6.45, 7) is 4.67. The number of fused-ring (bicyclic) bond motifs is 1. The lowest BCUT2D eigenvalue weighted by atomic mass is 9.89. The molecule has 25 heavy (non-hydrogen) atoms. The van der Waals surface area contributed by atoms with E-state index in [4.69, 9.17) is 5.73 Å². The molecule has 1 saturated carbocycles. The highest BCUT2D eigenvalue weighted by Crippen LogP contribution is 2.33. The van der Waals surface area contributed by atoms with Crippen LogP contribution in [0.15, 0.2) is 29.6 Å². The standard InChI is InChI=1S/C19H27N5O/c20-19(25)17-12-22-18-13-23(10-11-24(17)18)16(15-2-1-3-15)5-4-14-6-8-21-9-7-14/h4-5,12,14,21H,1-3,6-11,13H2,(H2,20,25)/b5-4+. The second-order valence-electron chi connectivity index (χ2n) is 7.29. The molecule has 3 heterocycles. The van der Waals surface area contributed by atoms with Gasteiger partial charge >= 0.3 is 0 Å². The average Bonchev–Trinajstić information content (AvgIpc) is 3.01. The number of nitrogens with zero attached hydrogens (tertiary/aromatic N) is 3. The molecule has 1 aliphatic carbocycles. The second kappa shape index (κ2) is 7.04. The van der Waals surface area contributed by atoms with Crippen LogP contribution in [0, 0.1) is 5.92 Å². The summed E-state index contributed by atoms with van der Waals surface area (Å²) in [5.41, 5.74) is 8.93. The monoisotopic (exact) mass is 341 g/mol. The van der Waals surface area contributed by atoms with E-state index in [1.54, 1.807) is 11.8 Å². The molecule has 0 radical (unpaired) electrons. The van der Waals surface area contributed by atoms with Gasteiger partial charge in [-0.15, -0.1) is 0 Å². The number of rotatable bonds is 4. The Morgan fingerprint density at radius 3 is 2.76 bits per heavy atom. The third-order valence-corrected chi connectivity index (χ3v) is 5.69. The minimum absolute atomic E-state index is 0.393. The zero-order chi connectivity index (χ0) is 17.2. The number of carbonyl (C=O) groups is 1. The maximum absolute atomic E-state index is 11.5. The number of amides is 1. The summed E-state index contributed by atoms with van der Waals surface area (Å²) in [6.07, 6.45) is 12.6. The third kappa shape index (κ3) is 3.35. The Kier molecular flexibility index (Phi) is 4.61. The number of piperidine rings is 1. The quantitative estimate of drug-likeness (QED) is 0.875. The Hall–Kier alpha value is -2.08. The predicted molar refractivity (Wildman–Crippen MR) is 96.8 cm³/mol. The van der Waals surface area contributed by atoms with Gasteiger partial charge in [0.15, 0.2) is 0 Å². The van der Waals surface area contributed by atoms with Gasteiger partial charge in [-0.2, -0.15) is 0 Å². The smallest absolute Gasteiger partial charge is 0.266 e. The van der Waals surface area contributed by atoms with Crippen LogP contribution in [-0.4, -0.2) is 40.0 Å². The predicted octanol–water partition coefficient (Wildman–Crippen LogP) is 1.79. The molecular formula is C19H27N5O. The highest BCUT2D eigenvalue weighted by Gasteiger charge is 2.25. The lowest BCUT2D eigenvalue weighted by Gasteiger charge is -2.35. The maximum Gasteiger partial charge on any atom is 0.266 e. The number of allylic oxidation sites excluding steroid dienone is 3. The van der Waals surface area contributed by atoms with Crippen LogP contribution in [0.2, 0.25) is 0 Å². The molecule has 2 fully saturated rings. The van der Waals surface area contributed by atoms with Crippen molar-refractivity contribution < 1.29 is 4.79 Å². The van der Waals surface area contributed by atoms with E-state index in [1.165, 1.54) is 37.8 Å². The third-order valence-electron chi connectivity index (χ3n) is 5.69. The molecular weight excluding hydrogens is 314 g/mol. The fourth-order valence-corrected chi connectivity index (χ4v) is 3.98. The molecule has 1 aromatic rings. The Bertz CT molecular complexity index is 705. The van der Waals surface area contributed by atoms with Crippen LogP contribution in [-0.2, 0) is 13.1 Å². The summed E-state index contributed by atoms with van der Waals surface area (Å²) in [7, 11) is 0. The van der Waals surface area contributed by atoms with Gasteiger partial charge in [0, 0.05) is 18.8 Å². The van der Waals surface area contributed by atoms with E-state index in [2.05, 4.69) is 27.4 Å². The van der Waals surface area contributed by atoms with Gasteiger partial charge in [0.2, 0.25) is 0 Å². The van der Waals surface area contributed by atoms with Gasteiger partial charge < -0.3 is 20.5 Å². The first-order valence-electron chi connectivity index (χ1n) is 9.42. The van der Waals surface area contributed by atoms with Gasteiger partial charge in [-0.05, 0) is 62.8 Å². The molecule has 2 aliphatic heterocycles. The van der Waals surface area contributed by atoms with E-state index in [0.29, 0.717) is 11.6 Å². The van der Waals surface area contributed by atoms with Crippen molar-refractivity contribution in [1.29, 1.82) is 0 Å². The topological polar surface area (TPSA) is 76.2 Å². The molecule has 0 spiro atoms. The minimum atomic E-state index is -0.393. The fraction of sp³-hybridized carbons (Fsp3) is 0.579. The molecule has 0 unspecified atom stereocenters. The van der Waals surface area contributed by atoms with Gasteiger partial charge in [-0.3, -0.25) is 4.79 Å². The zero-order valence-corrected chi connectivity index (χ0v) is 14.7. The molecule has 0 atom stereocenters. The minimum Gasteiger partial charge on any atom is -0.364 e. The van der Waals surface area contributed by atoms with Gasteiger partial charge in [-0.1, -0.05) is 6.08 Å². The first kappa shape index (κ1) is 16.4. The van der Waals surface area contributed by atoms with Crippen molar-refractivity contribution in [3.8, 4) is 0 Å². The SMILES string of the molecule is NC(=O)c1cnc2n1CCN(C(/C=C/C1CCNCC1)=C1CCC1)C2. The zero-order valence-electron chi connectivity index (χ0n) is 14.7. The van der Waals surface area contributed by atoms with Gasteiger partial charge in [0.1, 0.15) is 11.5 Å². The van der Waals surface area contributed by atoms with Crippen LogP contribution >= 0.6 is 0 Å². The number of imidazole rings is 1. The Balaban J connectivity index is 1.53. The lowest BCUT2D eigenvalue weighted by molar-refractivity contribution is 0.0988. The van der Waals surface area contributed by atoms with Crippen LogP contribution < -0.4 is 11.1 Å². The number of hydrogen-bond acceptors (Lipinski definition) is 4. The normalized spacial score (nSPS) is 21.3. The summed E-state index contributed by atoms with van der Waals surface area (Å²) in [4.78, 5) is 18.4. The Morgan fingerprint density at radius 1 is 1.28 bits per heavy atom. The van der Waals surface area contributed by atoms with Crippen LogP contribution in [0.25, 0.3) is 0 Å². The van der Waals surface area contributed by atoms with Crippen molar-refractivity contribution in [2.24, 2.45) is 11.7 Å². The number of aromatic nitrogens is 2. The van der Waals surface area contributed by atoms with Crippen LogP contribution in [0.4, 0.5) is 0 Å². The Labute approximate surface area is 148 Å². The molecule has 6 heteroatoms. The molecule has 1 saturated heterocycles. The first-order chi connectivity index (χ1) is 12.2. The van der Waals surface area contributed by atoms with Gasteiger partial charge in [0.25, 0.3) is 5.91 Å². The number of nitrogens with two attached hydrogens (primary N) is 1. The van der Waals surface area contributed by atoms with Crippen LogP contribution in [0.5, 0.6) is 0 Å². The molecule has 1 amide bonds. The van der Waals surface area contributed by atoms with Crippen molar-refractivity contribution >= 4 is 5.91 Å². The Morgan fingerprint density at radius 2 is 2.08 bits per heavy atom. The van der Waals surface area contributed by atoms with Crippen molar-refractivity contribution in [2.45, 2.75) is 45.2 Å². The molecule has 134 valence electrons. The van der Waals surface area contributed by atoms with Gasteiger partial charge in [-0.25, -0.2) is 4.98 Å². The van der Waals surface area contributed by atoms with Crippen molar-refractivity contribution in [3.05, 3.63) is 41.1 Å². The number of hydrogen-bond donors (Lipinski definition) is 2. The second-order valence-corrected chi connectivity index (χ2v) is 7.29. The number of carbonyl (C=O) groups excluding carboxylic acids is 1. The van der Waals surface area contributed by atoms with Crippen molar-refractivity contribution in [2.75, 3.05) is 19.6 Å². The van der Waals surface area contributed by atoms with Crippen molar-refractivity contribution in [1.82, 2.24) is 19.8 Å². The molecule has 4 rings (SSSR count).